The zero-order chi connectivity index (χ0) is 10.9. The molecule has 1 unspecified atom stereocenters. The Morgan fingerprint density at radius 2 is 2.33 bits per heavy atom. The quantitative estimate of drug-likeness (QED) is 0.756. The number of amides is 1. The molecule has 0 bridgehead atoms. The first-order valence-corrected chi connectivity index (χ1v) is 5.13. The maximum atomic E-state index is 11.5. The van der Waals surface area contributed by atoms with Gasteiger partial charge in [-0.2, -0.15) is 0 Å². The van der Waals surface area contributed by atoms with Gasteiger partial charge in [-0.1, -0.05) is 6.07 Å². The summed E-state index contributed by atoms with van der Waals surface area (Å²) in [6.07, 6.45) is 3.64. The molecule has 0 spiro atoms. The molecule has 1 aromatic rings. The number of nitrogens with zero attached hydrogens (tertiary/aromatic N) is 1. The summed E-state index contributed by atoms with van der Waals surface area (Å²) < 4.78 is 0. The highest BCUT2D eigenvalue weighted by Gasteiger charge is 2.47. The number of nitrogens with two attached hydrogens (primary N) is 1. The number of aromatic nitrogens is 1. The van der Waals surface area contributed by atoms with Crippen molar-refractivity contribution in [2.75, 3.05) is 0 Å². The molecule has 0 radical (unpaired) electrons. The lowest BCUT2D eigenvalue weighted by molar-refractivity contribution is -0.123. The molecule has 1 amide bonds. The third kappa shape index (κ3) is 1.99. The predicted octanol–water partition coefficient (Wildman–Crippen LogP) is 0.534. The molecule has 3 N–H and O–H groups in total. The Bertz CT molecular complexity index is 357. The van der Waals surface area contributed by atoms with Crippen molar-refractivity contribution < 1.29 is 4.79 Å². The summed E-state index contributed by atoms with van der Waals surface area (Å²) in [6.45, 7) is 1.68. The van der Waals surface area contributed by atoms with Crippen LogP contribution in [0.4, 0.5) is 0 Å². The van der Waals surface area contributed by atoms with Gasteiger partial charge in [-0.05, 0) is 31.9 Å². The Balaban J connectivity index is 2.12. The van der Waals surface area contributed by atoms with Gasteiger partial charge in [0.15, 0.2) is 0 Å². The summed E-state index contributed by atoms with van der Waals surface area (Å²) in [5, 5.41) is 2.96. The van der Waals surface area contributed by atoms with Crippen LogP contribution in [0.3, 0.4) is 0 Å². The molecule has 4 nitrogen and oxygen atoms in total. The van der Waals surface area contributed by atoms with Crippen molar-refractivity contribution in [2.45, 2.75) is 31.3 Å². The van der Waals surface area contributed by atoms with Gasteiger partial charge in [-0.25, -0.2) is 0 Å². The number of carbonyl (C=O) groups excluding carboxylic acids is 1. The zero-order valence-corrected chi connectivity index (χ0v) is 8.73. The monoisotopic (exact) mass is 205 g/mol. The maximum Gasteiger partial charge on any atom is 0.237 e. The molecule has 1 aliphatic carbocycles. The van der Waals surface area contributed by atoms with Gasteiger partial charge in [-0.15, -0.1) is 0 Å². The third-order valence-electron chi connectivity index (χ3n) is 2.68. The first kappa shape index (κ1) is 10.1. The van der Waals surface area contributed by atoms with Crippen molar-refractivity contribution in [2.24, 2.45) is 5.73 Å². The molecule has 1 heterocycles. The van der Waals surface area contributed by atoms with Crippen LogP contribution in [0.25, 0.3) is 0 Å². The van der Waals surface area contributed by atoms with Crippen LogP contribution in [0.5, 0.6) is 0 Å². The fraction of sp³-hybridized carbons (Fsp3) is 0.455. The van der Waals surface area contributed by atoms with E-state index in [4.69, 9.17) is 5.73 Å². The molecule has 1 aromatic heterocycles. The van der Waals surface area contributed by atoms with Gasteiger partial charge in [0.25, 0.3) is 0 Å². The average molecular weight is 205 g/mol. The van der Waals surface area contributed by atoms with Gasteiger partial charge in [-0.3, -0.25) is 9.78 Å². The highest BCUT2D eigenvalue weighted by Crippen LogP contribution is 2.44. The lowest BCUT2D eigenvalue weighted by Crippen LogP contribution is -2.44. The summed E-state index contributed by atoms with van der Waals surface area (Å²) in [5.41, 5.74) is 6.20. The van der Waals surface area contributed by atoms with Crippen LogP contribution in [-0.4, -0.2) is 16.9 Å². The van der Waals surface area contributed by atoms with E-state index in [1.165, 1.54) is 0 Å². The van der Waals surface area contributed by atoms with Crippen LogP contribution in [0, 0.1) is 0 Å². The molecule has 15 heavy (non-hydrogen) atoms. The fourth-order valence-corrected chi connectivity index (χ4v) is 1.57. The van der Waals surface area contributed by atoms with E-state index in [0.29, 0.717) is 0 Å². The summed E-state index contributed by atoms with van der Waals surface area (Å²) >= 11 is 0. The number of carbonyl (C=O) groups is 1. The van der Waals surface area contributed by atoms with E-state index < -0.39 is 6.04 Å². The van der Waals surface area contributed by atoms with Gasteiger partial charge < -0.3 is 11.1 Å². The average Bonchev–Trinajstić information content (AvgIpc) is 3.00. The van der Waals surface area contributed by atoms with Crippen molar-refractivity contribution >= 4 is 5.91 Å². The van der Waals surface area contributed by atoms with Gasteiger partial charge in [0, 0.05) is 6.20 Å². The first-order valence-electron chi connectivity index (χ1n) is 5.13. The van der Waals surface area contributed by atoms with Crippen molar-refractivity contribution in [3.05, 3.63) is 30.1 Å². The molecule has 1 fully saturated rings. The van der Waals surface area contributed by atoms with E-state index >= 15 is 0 Å². The second-order valence-electron chi connectivity index (χ2n) is 4.08. The van der Waals surface area contributed by atoms with Crippen LogP contribution >= 0.6 is 0 Å². The number of rotatable bonds is 3. The van der Waals surface area contributed by atoms with E-state index in [1.54, 1.807) is 13.1 Å². The molecule has 0 aliphatic heterocycles. The van der Waals surface area contributed by atoms with Gasteiger partial charge >= 0.3 is 0 Å². The second kappa shape index (κ2) is 3.62. The largest absolute Gasteiger partial charge is 0.344 e. The minimum absolute atomic E-state index is 0.113. The first-order chi connectivity index (χ1) is 7.14. The number of pyridine rings is 1. The summed E-state index contributed by atoms with van der Waals surface area (Å²) in [4.78, 5) is 15.8. The van der Waals surface area contributed by atoms with Crippen molar-refractivity contribution in [3.63, 3.8) is 0 Å². The molecular formula is C11H15N3O. The van der Waals surface area contributed by atoms with Crippen LogP contribution in [0.2, 0.25) is 0 Å². The van der Waals surface area contributed by atoms with Crippen LogP contribution in [0.15, 0.2) is 24.4 Å². The van der Waals surface area contributed by atoms with Crippen molar-refractivity contribution in [3.8, 4) is 0 Å². The van der Waals surface area contributed by atoms with E-state index in [2.05, 4.69) is 10.3 Å². The van der Waals surface area contributed by atoms with Crippen LogP contribution in [-0.2, 0) is 10.3 Å². The zero-order valence-electron chi connectivity index (χ0n) is 8.73. The van der Waals surface area contributed by atoms with Crippen molar-refractivity contribution in [1.29, 1.82) is 0 Å². The Labute approximate surface area is 88.9 Å². The molecule has 4 heteroatoms. The maximum absolute atomic E-state index is 11.5. The Hall–Kier alpha value is -1.42. The minimum atomic E-state index is -0.466. The second-order valence-corrected chi connectivity index (χ2v) is 4.08. The van der Waals surface area contributed by atoms with Gasteiger partial charge in [0.05, 0.1) is 17.3 Å². The lowest BCUT2D eigenvalue weighted by Gasteiger charge is -2.18. The minimum Gasteiger partial charge on any atom is -0.344 e. The normalized spacial score (nSPS) is 19.3. The Morgan fingerprint density at radius 1 is 1.60 bits per heavy atom. The smallest absolute Gasteiger partial charge is 0.237 e. The Morgan fingerprint density at radius 3 is 2.80 bits per heavy atom. The molecular weight excluding hydrogens is 190 g/mol. The number of hydrogen-bond acceptors (Lipinski definition) is 3. The van der Waals surface area contributed by atoms with E-state index in [9.17, 15) is 4.79 Å². The van der Waals surface area contributed by atoms with E-state index in [0.717, 1.165) is 18.5 Å². The summed E-state index contributed by atoms with van der Waals surface area (Å²) in [6, 6.07) is 5.27. The fourth-order valence-electron chi connectivity index (χ4n) is 1.57. The molecule has 1 aliphatic rings. The molecule has 1 saturated carbocycles. The number of hydrogen-bond donors (Lipinski definition) is 2. The SMILES string of the molecule is CC(N)C(=O)NC1(c2ccccn2)CC1. The number of nitrogens with one attached hydrogen (secondary N) is 1. The van der Waals surface area contributed by atoms with Gasteiger partial charge in [0.2, 0.25) is 5.91 Å². The van der Waals surface area contributed by atoms with Gasteiger partial charge in [0.1, 0.15) is 0 Å². The van der Waals surface area contributed by atoms with Crippen LogP contribution in [0.1, 0.15) is 25.5 Å². The summed E-state index contributed by atoms with van der Waals surface area (Å²) in [5.74, 6) is -0.113. The molecule has 1 atom stereocenters. The van der Waals surface area contributed by atoms with E-state index in [1.807, 2.05) is 18.2 Å². The van der Waals surface area contributed by atoms with E-state index in [-0.39, 0.29) is 11.4 Å². The molecule has 80 valence electrons. The topological polar surface area (TPSA) is 68.0 Å². The molecule has 2 rings (SSSR count). The molecule has 0 aromatic carbocycles. The molecule has 0 saturated heterocycles. The lowest BCUT2D eigenvalue weighted by atomic mass is 10.1. The Kier molecular flexibility index (Phi) is 2.44. The predicted molar refractivity (Wildman–Crippen MR) is 56.9 cm³/mol. The highest BCUT2D eigenvalue weighted by molar-refractivity contribution is 5.82. The van der Waals surface area contributed by atoms with Crippen LogP contribution < -0.4 is 11.1 Å². The third-order valence-corrected chi connectivity index (χ3v) is 2.68. The highest BCUT2D eigenvalue weighted by atomic mass is 16.2. The standard InChI is InChI=1S/C11H15N3O/c1-8(12)10(15)14-11(5-6-11)9-4-2-3-7-13-9/h2-4,7-8H,5-6,12H2,1H3,(H,14,15). The summed E-state index contributed by atoms with van der Waals surface area (Å²) in [7, 11) is 0. The van der Waals surface area contributed by atoms with Crippen molar-refractivity contribution in [1.82, 2.24) is 10.3 Å².